The smallest absolute Gasteiger partial charge is 0.319 e. The van der Waals surface area contributed by atoms with E-state index in [4.69, 9.17) is 4.74 Å². The zero-order valence-electron chi connectivity index (χ0n) is 12.5. The van der Waals surface area contributed by atoms with Crippen LogP contribution in [0.2, 0.25) is 0 Å². The van der Waals surface area contributed by atoms with Crippen molar-refractivity contribution >= 4 is 17.4 Å². The summed E-state index contributed by atoms with van der Waals surface area (Å²) < 4.78 is 19.4. The van der Waals surface area contributed by atoms with Gasteiger partial charge >= 0.3 is 6.03 Å². The first-order valence-corrected chi connectivity index (χ1v) is 7.23. The van der Waals surface area contributed by atoms with Crippen LogP contribution < -0.4 is 15.5 Å². The van der Waals surface area contributed by atoms with E-state index in [1.165, 1.54) is 6.07 Å². The van der Waals surface area contributed by atoms with Crippen LogP contribution in [-0.2, 0) is 4.74 Å². The number of halogens is 1. The van der Waals surface area contributed by atoms with Crippen molar-refractivity contribution in [3.8, 4) is 0 Å². The highest BCUT2D eigenvalue weighted by atomic mass is 19.1. The molecule has 0 spiro atoms. The summed E-state index contributed by atoms with van der Waals surface area (Å²) in [6, 6.07) is 4.43. The second kappa shape index (κ2) is 7.26. The number of carbonyl (C=O) groups is 1. The van der Waals surface area contributed by atoms with Crippen LogP contribution in [0.3, 0.4) is 0 Å². The maximum atomic E-state index is 14.1. The lowest BCUT2D eigenvalue weighted by molar-refractivity contribution is 0.122. The van der Waals surface area contributed by atoms with Crippen molar-refractivity contribution in [2.45, 2.75) is 13.8 Å². The molecule has 1 heterocycles. The van der Waals surface area contributed by atoms with Crippen LogP contribution >= 0.6 is 0 Å². The Morgan fingerprint density at radius 2 is 2.10 bits per heavy atom. The van der Waals surface area contributed by atoms with E-state index in [0.29, 0.717) is 50.1 Å². The predicted octanol–water partition coefficient (Wildman–Crippen LogP) is 2.44. The van der Waals surface area contributed by atoms with Gasteiger partial charge in [0, 0.05) is 25.3 Å². The van der Waals surface area contributed by atoms with Crippen molar-refractivity contribution in [3.05, 3.63) is 24.0 Å². The molecule has 1 aromatic carbocycles. The molecule has 0 atom stereocenters. The fraction of sp³-hybridized carbons (Fsp3) is 0.533. The molecule has 6 heteroatoms. The molecular formula is C15H22FN3O2. The molecule has 1 aromatic rings. The number of urea groups is 1. The Balaban J connectivity index is 1.96. The first-order chi connectivity index (χ1) is 10.1. The monoisotopic (exact) mass is 295 g/mol. The van der Waals surface area contributed by atoms with Crippen molar-refractivity contribution in [3.63, 3.8) is 0 Å². The third-order valence-corrected chi connectivity index (χ3v) is 3.23. The molecule has 1 saturated heterocycles. The van der Waals surface area contributed by atoms with Crippen molar-refractivity contribution in [2.24, 2.45) is 5.92 Å². The maximum absolute atomic E-state index is 14.1. The average molecular weight is 295 g/mol. The number of hydrogen-bond donors (Lipinski definition) is 2. The zero-order chi connectivity index (χ0) is 15.2. The summed E-state index contributed by atoms with van der Waals surface area (Å²) >= 11 is 0. The van der Waals surface area contributed by atoms with E-state index in [2.05, 4.69) is 10.6 Å². The Bertz CT molecular complexity index is 488. The zero-order valence-corrected chi connectivity index (χ0v) is 12.5. The molecule has 1 fully saturated rings. The highest BCUT2D eigenvalue weighted by Crippen LogP contribution is 2.23. The number of anilines is 2. The molecule has 2 N–H and O–H groups in total. The van der Waals surface area contributed by atoms with Gasteiger partial charge in [-0.1, -0.05) is 13.8 Å². The Labute approximate surface area is 124 Å². The van der Waals surface area contributed by atoms with Gasteiger partial charge in [0.2, 0.25) is 0 Å². The van der Waals surface area contributed by atoms with Crippen LogP contribution in [-0.4, -0.2) is 38.9 Å². The maximum Gasteiger partial charge on any atom is 0.319 e. The summed E-state index contributed by atoms with van der Waals surface area (Å²) in [7, 11) is 0. The molecule has 0 aromatic heterocycles. The summed E-state index contributed by atoms with van der Waals surface area (Å²) in [5.41, 5.74) is 0.997. The average Bonchev–Trinajstić information content (AvgIpc) is 2.46. The molecular weight excluding hydrogens is 273 g/mol. The van der Waals surface area contributed by atoms with Crippen LogP contribution in [0.5, 0.6) is 0 Å². The molecule has 0 unspecified atom stereocenters. The van der Waals surface area contributed by atoms with E-state index < -0.39 is 0 Å². The first kappa shape index (κ1) is 15.6. The number of nitrogens with zero attached hydrogens (tertiary/aromatic N) is 1. The normalized spacial score (nSPS) is 15.1. The molecule has 2 amide bonds. The summed E-state index contributed by atoms with van der Waals surface area (Å²) in [5, 5.41) is 5.36. The van der Waals surface area contributed by atoms with Gasteiger partial charge in [0.1, 0.15) is 5.82 Å². The molecule has 1 aliphatic heterocycles. The summed E-state index contributed by atoms with van der Waals surface area (Å²) in [5.74, 6) is 0.0368. The molecule has 2 rings (SSSR count). The largest absolute Gasteiger partial charge is 0.378 e. The van der Waals surface area contributed by atoms with Gasteiger partial charge in [0.05, 0.1) is 18.9 Å². The van der Waals surface area contributed by atoms with Gasteiger partial charge in [0.15, 0.2) is 0 Å². The molecule has 0 radical (unpaired) electrons. The highest BCUT2D eigenvalue weighted by Gasteiger charge is 2.15. The lowest BCUT2D eigenvalue weighted by Gasteiger charge is -2.29. The Morgan fingerprint density at radius 3 is 2.71 bits per heavy atom. The summed E-state index contributed by atoms with van der Waals surface area (Å²) in [4.78, 5) is 13.6. The summed E-state index contributed by atoms with van der Waals surface area (Å²) in [6.45, 7) is 7.18. The fourth-order valence-corrected chi connectivity index (χ4v) is 2.12. The number of hydrogen-bond acceptors (Lipinski definition) is 3. The quantitative estimate of drug-likeness (QED) is 0.897. The number of nitrogens with one attached hydrogen (secondary N) is 2. The number of amides is 2. The topological polar surface area (TPSA) is 53.6 Å². The van der Waals surface area contributed by atoms with Crippen molar-refractivity contribution in [1.29, 1.82) is 0 Å². The third-order valence-electron chi connectivity index (χ3n) is 3.23. The van der Waals surface area contributed by atoms with Gasteiger partial charge in [-0.15, -0.1) is 0 Å². The van der Waals surface area contributed by atoms with Crippen LogP contribution in [0.25, 0.3) is 0 Å². The van der Waals surface area contributed by atoms with Crippen molar-refractivity contribution in [1.82, 2.24) is 5.32 Å². The SMILES string of the molecule is CC(C)CNC(=O)Nc1ccc(N2CCOCC2)c(F)c1. The number of benzene rings is 1. The second-order valence-electron chi connectivity index (χ2n) is 5.49. The Kier molecular flexibility index (Phi) is 5.38. The lowest BCUT2D eigenvalue weighted by Crippen LogP contribution is -2.36. The Hall–Kier alpha value is -1.82. The van der Waals surface area contributed by atoms with Crippen molar-refractivity contribution in [2.75, 3.05) is 43.1 Å². The van der Waals surface area contributed by atoms with Crippen LogP contribution in [0.4, 0.5) is 20.6 Å². The van der Waals surface area contributed by atoms with Crippen LogP contribution in [0.15, 0.2) is 18.2 Å². The minimum atomic E-state index is -0.335. The minimum Gasteiger partial charge on any atom is -0.378 e. The predicted molar refractivity (Wildman–Crippen MR) is 81.3 cm³/mol. The van der Waals surface area contributed by atoms with Gasteiger partial charge in [0.25, 0.3) is 0 Å². The van der Waals surface area contributed by atoms with Crippen LogP contribution in [0, 0.1) is 11.7 Å². The molecule has 21 heavy (non-hydrogen) atoms. The lowest BCUT2D eigenvalue weighted by atomic mass is 10.2. The van der Waals surface area contributed by atoms with E-state index in [-0.39, 0.29) is 11.8 Å². The Morgan fingerprint density at radius 1 is 1.38 bits per heavy atom. The number of rotatable bonds is 4. The van der Waals surface area contributed by atoms with E-state index >= 15 is 0 Å². The highest BCUT2D eigenvalue weighted by molar-refractivity contribution is 5.89. The number of morpholine rings is 1. The minimum absolute atomic E-state index is 0.317. The first-order valence-electron chi connectivity index (χ1n) is 7.23. The summed E-state index contributed by atoms with van der Waals surface area (Å²) in [6.07, 6.45) is 0. The van der Waals surface area contributed by atoms with E-state index in [1.807, 2.05) is 18.7 Å². The molecule has 116 valence electrons. The second-order valence-corrected chi connectivity index (χ2v) is 5.49. The third kappa shape index (κ3) is 4.60. The van der Waals surface area contributed by atoms with Gasteiger partial charge in [-0.3, -0.25) is 0 Å². The standard InChI is InChI=1S/C15H22FN3O2/c1-11(2)10-17-15(20)18-12-3-4-14(13(16)9-12)19-5-7-21-8-6-19/h3-4,9,11H,5-8,10H2,1-2H3,(H2,17,18,20). The van der Waals surface area contributed by atoms with Gasteiger partial charge < -0.3 is 20.3 Å². The van der Waals surface area contributed by atoms with Gasteiger partial charge in [-0.05, 0) is 24.1 Å². The molecule has 0 saturated carbocycles. The number of ether oxygens (including phenoxy) is 1. The van der Waals surface area contributed by atoms with E-state index in [0.717, 1.165) is 0 Å². The molecule has 0 bridgehead atoms. The van der Waals surface area contributed by atoms with E-state index in [9.17, 15) is 9.18 Å². The molecule has 5 nitrogen and oxygen atoms in total. The van der Waals surface area contributed by atoms with Gasteiger partial charge in [-0.2, -0.15) is 0 Å². The molecule has 1 aliphatic rings. The van der Waals surface area contributed by atoms with Crippen molar-refractivity contribution < 1.29 is 13.9 Å². The van der Waals surface area contributed by atoms with Crippen LogP contribution in [0.1, 0.15) is 13.8 Å². The fourth-order valence-electron chi connectivity index (χ4n) is 2.12. The van der Waals surface area contributed by atoms with E-state index in [1.54, 1.807) is 12.1 Å². The molecule has 0 aliphatic carbocycles. The van der Waals surface area contributed by atoms with Gasteiger partial charge in [-0.25, -0.2) is 9.18 Å². The number of carbonyl (C=O) groups excluding carboxylic acids is 1.